The molecule has 2 amide bonds. The van der Waals surface area contributed by atoms with E-state index in [2.05, 4.69) is 42.7 Å². The molecule has 1 aromatic carbocycles. The van der Waals surface area contributed by atoms with Crippen molar-refractivity contribution < 1.29 is 9.59 Å². The van der Waals surface area contributed by atoms with Crippen molar-refractivity contribution in [2.24, 2.45) is 5.92 Å². The number of benzene rings is 1. The van der Waals surface area contributed by atoms with E-state index in [4.69, 9.17) is 0 Å². The van der Waals surface area contributed by atoms with Gasteiger partial charge in [0.2, 0.25) is 11.8 Å². The van der Waals surface area contributed by atoms with Gasteiger partial charge >= 0.3 is 0 Å². The highest BCUT2D eigenvalue weighted by atomic mass is 16.2. The van der Waals surface area contributed by atoms with E-state index in [-0.39, 0.29) is 17.9 Å². The Morgan fingerprint density at radius 1 is 1.22 bits per heavy atom. The minimum absolute atomic E-state index is 0.0240. The zero-order chi connectivity index (χ0) is 19.2. The molecule has 27 heavy (non-hydrogen) atoms. The Labute approximate surface area is 162 Å². The Balaban J connectivity index is 1.44. The fourth-order valence-corrected chi connectivity index (χ4v) is 4.26. The highest BCUT2D eigenvalue weighted by molar-refractivity contribution is 5.82. The first kappa shape index (κ1) is 19.9. The van der Waals surface area contributed by atoms with Crippen LogP contribution < -0.4 is 10.6 Å². The van der Waals surface area contributed by atoms with Crippen molar-refractivity contribution in [2.45, 2.75) is 58.4 Å². The molecule has 0 bridgehead atoms. The SMILES string of the molecule is Cc1ccc(CCC(=O)N2CCCC(CNC(=O)C3CCCN3)C2)c(C)c1. The van der Waals surface area contributed by atoms with Crippen molar-refractivity contribution in [1.82, 2.24) is 15.5 Å². The molecule has 0 spiro atoms. The summed E-state index contributed by atoms with van der Waals surface area (Å²) < 4.78 is 0. The highest BCUT2D eigenvalue weighted by Gasteiger charge is 2.26. The molecule has 1 aromatic rings. The molecule has 2 fully saturated rings. The van der Waals surface area contributed by atoms with Crippen LogP contribution in [0.3, 0.4) is 0 Å². The molecule has 2 aliphatic rings. The number of carbonyl (C=O) groups is 2. The molecule has 0 radical (unpaired) electrons. The molecule has 3 rings (SSSR count). The normalized spacial score (nSPS) is 22.7. The second-order valence-electron chi connectivity index (χ2n) is 8.17. The Kier molecular flexibility index (Phi) is 6.89. The lowest BCUT2D eigenvalue weighted by Gasteiger charge is -2.33. The fourth-order valence-electron chi connectivity index (χ4n) is 4.26. The number of piperidine rings is 1. The number of amides is 2. The largest absolute Gasteiger partial charge is 0.354 e. The summed E-state index contributed by atoms with van der Waals surface area (Å²) in [6.45, 7) is 7.44. The maximum absolute atomic E-state index is 12.7. The third-order valence-electron chi connectivity index (χ3n) is 5.92. The quantitative estimate of drug-likeness (QED) is 0.807. The third-order valence-corrected chi connectivity index (χ3v) is 5.92. The third kappa shape index (κ3) is 5.55. The highest BCUT2D eigenvalue weighted by Crippen LogP contribution is 2.19. The van der Waals surface area contributed by atoms with Crippen molar-refractivity contribution in [3.63, 3.8) is 0 Å². The molecule has 5 heteroatoms. The smallest absolute Gasteiger partial charge is 0.237 e. The van der Waals surface area contributed by atoms with Crippen molar-refractivity contribution >= 4 is 11.8 Å². The van der Waals surface area contributed by atoms with Crippen LogP contribution in [-0.2, 0) is 16.0 Å². The molecule has 0 saturated carbocycles. The molecule has 0 aromatic heterocycles. The van der Waals surface area contributed by atoms with Crippen LogP contribution in [0.15, 0.2) is 18.2 Å². The standard InChI is InChI=1S/C22H33N3O2/c1-16-7-8-19(17(2)13-16)9-10-21(26)25-12-4-5-18(15-25)14-24-22(27)20-6-3-11-23-20/h7-8,13,18,20,23H,3-6,9-12,14-15H2,1-2H3,(H,24,27). The molecule has 2 aliphatic heterocycles. The topological polar surface area (TPSA) is 61.4 Å². The van der Waals surface area contributed by atoms with Crippen LogP contribution in [0.2, 0.25) is 0 Å². The van der Waals surface area contributed by atoms with Gasteiger partial charge in [0.05, 0.1) is 6.04 Å². The van der Waals surface area contributed by atoms with E-state index < -0.39 is 0 Å². The summed E-state index contributed by atoms with van der Waals surface area (Å²) in [6.07, 6.45) is 5.48. The number of carbonyl (C=O) groups excluding carboxylic acids is 2. The molecule has 2 N–H and O–H groups in total. The van der Waals surface area contributed by atoms with Crippen LogP contribution in [0.4, 0.5) is 0 Å². The zero-order valence-corrected chi connectivity index (χ0v) is 16.7. The van der Waals surface area contributed by atoms with Gasteiger partial charge in [-0.25, -0.2) is 0 Å². The van der Waals surface area contributed by atoms with Gasteiger partial charge in [0, 0.05) is 26.1 Å². The fraction of sp³-hybridized carbons (Fsp3) is 0.636. The minimum Gasteiger partial charge on any atom is -0.354 e. The first-order chi connectivity index (χ1) is 13.0. The first-order valence-electron chi connectivity index (χ1n) is 10.4. The van der Waals surface area contributed by atoms with Crippen molar-refractivity contribution in [2.75, 3.05) is 26.2 Å². The summed E-state index contributed by atoms with van der Waals surface area (Å²) in [5.74, 6) is 0.725. The molecule has 0 aliphatic carbocycles. The maximum Gasteiger partial charge on any atom is 0.237 e. The number of nitrogens with zero attached hydrogens (tertiary/aromatic N) is 1. The van der Waals surface area contributed by atoms with E-state index in [1.54, 1.807) is 0 Å². The molecular weight excluding hydrogens is 338 g/mol. The van der Waals surface area contributed by atoms with E-state index in [1.165, 1.54) is 16.7 Å². The van der Waals surface area contributed by atoms with Gasteiger partial charge in [-0.3, -0.25) is 9.59 Å². The van der Waals surface area contributed by atoms with Gasteiger partial charge < -0.3 is 15.5 Å². The lowest BCUT2D eigenvalue weighted by molar-refractivity contribution is -0.132. The van der Waals surface area contributed by atoms with Crippen LogP contribution in [0, 0.1) is 19.8 Å². The van der Waals surface area contributed by atoms with Crippen LogP contribution in [0.25, 0.3) is 0 Å². The van der Waals surface area contributed by atoms with Gasteiger partial charge in [-0.15, -0.1) is 0 Å². The van der Waals surface area contributed by atoms with Crippen LogP contribution in [-0.4, -0.2) is 48.9 Å². The van der Waals surface area contributed by atoms with Gasteiger partial charge in [-0.2, -0.15) is 0 Å². The second-order valence-corrected chi connectivity index (χ2v) is 8.17. The molecule has 5 nitrogen and oxygen atoms in total. The summed E-state index contributed by atoms with van der Waals surface area (Å²) in [5, 5.41) is 6.32. The second kappa shape index (κ2) is 9.36. The van der Waals surface area contributed by atoms with Gasteiger partial charge in [0.1, 0.15) is 0 Å². The van der Waals surface area contributed by atoms with Gasteiger partial charge in [0.15, 0.2) is 0 Å². The van der Waals surface area contributed by atoms with Gasteiger partial charge in [-0.1, -0.05) is 23.8 Å². The molecule has 2 heterocycles. The predicted molar refractivity (Wildman–Crippen MR) is 108 cm³/mol. The number of aryl methyl sites for hydroxylation is 3. The molecule has 2 saturated heterocycles. The summed E-state index contributed by atoms with van der Waals surface area (Å²) in [7, 11) is 0. The lowest BCUT2D eigenvalue weighted by atomic mass is 9.96. The van der Waals surface area contributed by atoms with Crippen molar-refractivity contribution in [3.8, 4) is 0 Å². The van der Waals surface area contributed by atoms with Gasteiger partial charge in [-0.05, 0) is 69.5 Å². The summed E-state index contributed by atoms with van der Waals surface area (Å²) >= 11 is 0. The zero-order valence-electron chi connectivity index (χ0n) is 16.7. The number of hydrogen-bond acceptors (Lipinski definition) is 3. The van der Waals surface area contributed by atoms with Gasteiger partial charge in [0.25, 0.3) is 0 Å². The van der Waals surface area contributed by atoms with Crippen LogP contribution >= 0.6 is 0 Å². The Morgan fingerprint density at radius 3 is 2.81 bits per heavy atom. The number of hydrogen-bond donors (Lipinski definition) is 2. The monoisotopic (exact) mass is 371 g/mol. The summed E-state index contributed by atoms with van der Waals surface area (Å²) in [4.78, 5) is 26.8. The Hall–Kier alpha value is -1.88. The first-order valence-corrected chi connectivity index (χ1v) is 10.4. The van der Waals surface area contributed by atoms with E-state index in [1.807, 2.05) is 4.90 Å². The summed E-state index contributed by atoms with van der Waals surface area (Å²) in [5.41, 5.74) is 3.79. The number of rotatable bonds is 6. The van der Waals surface area contributed by atoms with Crippen molar-refractivity contribution in [1.29, 1.82) is 0 Å². The average Bonchev–Trinajstić information content (AvgIpc) is 3.20. The van der Waals surface area contributed by atoms with E-state index >= 15 is 0 Å². The van der Waals surface area contributed by atoms with Crippen LogP contribution in [0.1, 0.15) is 48.8 Å². The maximum atomic E-state index is 12.7. The average molecular weight is 372 g/mol. The lowest BCUT2D eigenvalue weighted by Crippen LogP contribution is -2.46. The Morgan fingerprint density at radius 2 is 2.07 bits per heavy atom. The van der Waals surface area contributed by atoms with E-state index in [9.17, 15) is 9.59 Å². The van der Waals surface area contributed by atoms with E-state index in [0.717, 1.165) is 51.7 Å². The Bertz CT molecular complexity index is 668. The van der Waals surface area contributed by atoms with Crippen LogP contribution in [0.5, 0.6) is 0 Å². The molecular formula is C22H33N3O2. The predicted octanol–water partition coefficient (Wildman–Crippen LogP) is 2.34. The molecule has 2 atom stereocenters. The summed E-state index contributed by atoms with van der Waals surface area (Å²) in [6, 6.07) is 6.41. The van der Waals surface area contributed by atoms with Crippen molar-refractivity contribution in [3.05, 3.63) is 34.9 Å². The molecule has 2 unspecified atom stereocenters. The number of nitrogens with one attached hydrogen (secondary N) is 2. The molecule has 148 valence electrons. The minimum atomic E-state index is -0.0240. The number of likely N-dealkylation sites (tertiary alicyclic amines) is 1. The van der Waals surface area contributed by atoms with E-state index in [0.29, 0.717) is 18.9 Å².